The van der Waals surface area contributed by atoms with Gasteiger partial charge in [-0.25, -0.2) is 8.42 Å². The van der Waals surface area contributed by atoms with Crippen molar-refractivity contribution < 1.29 is 26.4 Å². The number of carbonyl (C=O) groups excluding carboxylic acids is 1. The molecule has 0 saturated carbocycles. The van der Waals surface area contributed by atoms with E-state index < -0.39 is 21.8 Å². The summed E-state index contributed by atoms with van der Waals surface area (Å²) in [6.45, 7) is 3.01. The summed E-state index contributed by atoms with van der Waals surface area (Å²) in [5.41, 5.74) is 0.101. The lowest BCUT2D eigenvalue weighted by atomic mass is 10.1. The molecule has 1 aliphatic heterocycles. The number of aryl methyl sites for hydroxylation is 1. The number of piperidine rings is 1. The molecule has 9 heteroatoms. The van der Waals surface area contributed by atoms with Crippen molar-refractivity contribution >= 4 is 21.6 Å². The quantitative estimate of drug-likeness (QED) is 0.786. The van der Waals surface area contributed by atoms with Gasteiger partial charge in [0.25, 0.3) is 15.9 Å². The number of benzene rings is 2. The van der Waals surface area contributed by atoms with Crippen LogP contribution < -0.4 is 4.72 Å². The summed E-state index contributed by atoms with van der Waals surface area (Å²) >= 11 is 0. The van der Waals surface area contributed by atoms with Crippen molar-refractivity contribution in [1.82, 2.24) is 4.90 Å². The van der Waals surface area contributed by atoms with E-state index in [4.69, 9.17) is 0 Å². The number of anilines is 1. The molecule has 156 valence electrons. The molecule has 0 aliphatic carbocycles. The maximum absolute atomic E-state index is 12.8. The van der Waals surface area contributed by atoms with Crippen molar-refractivity contribution in [1.29, 1.82) is 0 Å². The van der Waals surface area contributed by atoms with Crippen LogP contribution in [0.1, 0.15) is 40.7 Å². The molecule has 0 spiro atoms. The molecule has 29 heavy (non-hydrogen) atoms. The molecule has 3 rings (SSSR count). The Hall–Kier alpha value is -2.55. The topological polar surface area (TPSA) is 66.5 Å². The van der Waals surface area contributed by atoms with E-state index in [-0.39, 0.29) is 16.5 Å². The number of alkyl halides is 3. The number of nitrogens with zero attached hydrogens (tertiary/aromatic N) is 1. The Bertz CT molecular complexity index is 997. The molecule has 5 nitrogen and oxygen atoms in total. The maximum atomic E-state index is 12.8. The Morgan fingerprint density at radius 2 is 1.62 bits per heavy atom. The second-order valence-corrected chi connectivity index (χ2v) is 8.69. The minimum absolute atomic E-state index is 0.00230. The fourth-order valence-corrected chi connectivity index (χ4v) is 4.29. The molecule has 0 bridgehead atoms. The number of rotatable bonds is 4. The summed E-state index contributed by atoms with van der Waals surface area (Å²) in [7, 11) is -4.07. The van der Waals surface area contributed by atoms with Gasteiger partial charge in [0.15, 0.2) is 0 Å². The highest BCUT2D eigenvalue weighted by molar-refractivity contribution is 7.92. The summed E-state index contributed by atoms with van der Waals surface area (Å²) in [6, 6.07) is 7.95. The lowest BCUT2D eigenvalue weighted by Gasteiger charge is -2.27. The highest BCUT2D eigenvalue weighted by atomic mass is 32.2. The van der Waals surface area contributed by atoms with Crippen LogP contribution in [0.3, 0.4) is 0 Å². The smallest absolute Gasteiger partial charge is 0.339 e. The van der Waals surface area contributed by atoms with Gasteiger partial charge in [0, 0.05) is 24.3 Å². The third-order valence-electron chi connectivity index (χ3n) is 4.86. The van der Waals surface area contributed by atoms with E-state index in [0.717, 1.165) is 43.5 Å². The maximum Gasteiger partial charge on any atom is 0.416 e. The van der Waals surface area contributed by atoms with Crippen LogP contribution in [0.25, 0.3) is 0 Å². The molecule has 1 amide bonds. The van der Waals surface area contributed by atoms with Gasteiger partial charge in [-0.2, -0.15) is 13.2 Å². The van der Waals surface area contributed by atoms with E-state index in [9.17, 15) is 26.4 Å². The zero-order valence-corrected chi connectivity index (χ0v) is 16.6. The average molecular weight is 426 g/mol. The van der Waals surface area contributed by atoms with E-state index in [1.807, 2.05) is 0 Å². The van der Waals surface area contributed by atoms with Crippen LogP contribution in [0.15, 0.2) is 47.4 Å². The molecule has 1 fully saturated rings. The monoisotopic (exact) mass is 426 g/mol. The molecule has 0 aromatic heterocycles. The van der Waals surface area contributed by atoms with E-state index in [2.05, 4.69) is 4.72 Å². The number of hydrogen-bond acceptors (Lipinski definition) is 3. The Kier molecular flexibility index (Phi) is 5.88. The van der Waals surface area contributed by atoms with Crippen LogP contribution in [0.4, 0.5) is 18.9 Å². The van der Waals surface area contributed by atoms with Gasteiger partial charge in [-0.1, -0.05) is 6.07 Å². The van der Waals surface area contributed by atoms with Crippen LogP contribution in [-0.2, 0) is 16.2 Å². The molecule has 2 aromatic rings. The number of sulfonamides is 1. The molecule has 1 heterocycles. The van der Waals surface area contributed by atoms with Crippen molar-refractivity contribution in [3.05, 3.63) is 59.2 Å². The predicted molar refractivity (Wildman–Crippen MR) is 103 cm³/mol. The fraction of sp³-hybridized carbons (Fsp3) is 0.350. The SMILES string of the molecule is Cc1ccc(S(=O)(=O)Nc2ccc(C(F)(F)F)cc2)cc1C(=O)N1CCCCC1. The largest absolute Gasteiger partial charge is 0.416 e. The predicted octanol–water partition coefficient (Wildman–Crippen LogP) is 4.44. The van der Waals surface area contributed by atoms with E-state index in [1.54, 1.807) is 17.9 Å². The van der Waals surface area contributed by atoms with E-state index in [0.29, 0.717) is 24.2 Å². The van der Waals surface area contributed by atoms with Crippen molar-refractivity contribution in [2.45, 2.75) is 37.3 Å². The van der Waals surface area contributed by atoms with Crippen LogP contribution >= 0.6 is 0 Å². The average Bonchev–Trinajstić information content (AvgIpc) is 2.68. The summed E-state index contributed by atoms with van der Waals surface area (Å²) < 4.78 is 65.6. The van der Waals surface area contributed by atoms with E-state index in [1.165, 1.54) is 12.1 Å². The molecule has 2 aromatic carbocycles. The minimum Gasteiger partial charge on any atom is -0.339 e. The second kappa shape index (κ2) is 8.06. The number of likely N-dealkylation sites (tertiary alicyclic amines) is 1. The second-order valence-electron chi connectivity index (χ2n) is 7.01. The van der Waals surface area contributed by atoms with Gasteiger partial charge in [0.1, 0.15) is 0 Å². The number of amides is 1. The van der Waals surface area contributed by atoms with Crippen molar-refractivity contribution in [3.8, 4) is 0 Å². The van der Waals surface area contributed by atoms with Crippen LogP contribution in [0.2, 0.25) is 0 Å². The molecular formula is C20H21F3N2O3S. The van der Waals surface area contributed by atoms with Gasteiger partial charge >= 0.3 is 6.18 Å². The molecule has 0 radical (unpaired) electrons. The van der Waals surface area contributed by atoms with Gasteiger partial charge in [0.2, 0.25) is 0 Å². The zero-order chi connectivity index (χ0) is 21.2. The molecule has 0 atom stereocenters. The molecular weight excluding hydrogens is 405 g/mol. The Labute approximate surface area is 167 Å². The van der Waals surface area contributed by atoms with Crippen LogP contribution in [0, 0.1) is 6.92 Å². The highest BCUT2D eigenvalue weighted by Crippen LogP contribution is 2.30. The summed E-state index contributed by atoms with van der Waals surface area (Å²) in [5.74, 6) is -0.214. The van der Waals surface area contributed by atoms with Crippen molar-refractivity contribution in [2.24, 2.45) is 0 Å². The Morgan fingerprint density at radius 3 is 2.21 bits per heavy atom. The molecule has 0 unspecified atom stereocenters. The number of carbonyl (C=O) groups is 1. The first-order valence-corrected chi connectivity index (χ1v) is 10.7. The lowest BCUT2D eigenvalue weighted by molar-refractivity contribution is -0.137. The zero-order valence-electron chi connectivity index (χ0n) is 15.8. The number of nitrogens with one attached hydrogen (secondary N) is 1. The first kappa shape index (κ1) is 21.2. The Morgan fingerprint density at radius 1 is 1.00 bits per heavy atom. The first-order valence-electron chi connectivity index (χ1n) is 9.18. The number of hydrogen-bond donors (Lipinski definition) is 1. The lowest BCUT2D eigenvalue weighted by Crippen LogP contribution is -2.36. The normalized spacial score (nSPS) is 15.2. The summed E-state index contributed by atoms with van der Waals surface area (Å²) in [4.78, 5) is 14.4. The van der Waals surface area contributed by atoms with Crippen LogP contribution in [-0.4, -0.2) is 32.3 Å². The first-order chi connectivity index (χ1) is 13.6. The minimum atomic E-state index is -4.50. The van der Waals surface area contributed by atoms with Gasteiger partial charge in [0.05, 0.1) is 10.5 Å². The third kappa shape index (κ3) is 4.90. The van der Waals surface area contributed by atoms with Gasteiger partial charge in [-0.3, -0.25) is 9.52 Å². The van der Waals surface area contributed by atoms with Crippen molar-refractivity contribution in [3.63, 3.8) is 0 Å². The standard InChI is InChI=1S/C20H21F3N2O3S/c1-14-5-10-17(13-18(14)19(26)25-11-3-2-4-12-25)29(27,28)24-16-8-6-15(7-9-16)20(21,22)23/h5-10,13,24H,2-4,11-12H2,1H3. The Balaban J connectivity index is 1.84. The van der Waals surface area contributed by atoms with Gasteiger partial charge < -0.3 is 4.90 Å². The van der Waals surface area contributed by atoms with Crippen LogP contribution in [0.5, 0.6) is 0 Å². The summed E-state index contributed by atoms with van der Waals surface area (Å²) in [5, 5.41) is 0. The highest BCUT2D eigenvalue weighted by Gasteiger charge is 2.30. The van der Waals surface area contributed by atoms with Gasteiger partial charge in [-0.05, 0) is 68.1 Å². The van der Waals surface area contributed by atoms with Gasteiger partial charge in [-0.15, -0.1) is 0 Å². The van der Waals surface area contributed by atoms with Crippen molar-refractivity contribution in [2.75, 3.05) is 17.8 Å². The summed E-state index contributed by atoms with van der Waals surface area (Å²) in [6.07, 6.45) is -1.61. The number of halogens is 3. The fourth-order valence-electron chi connectivity index (χ4n) is 3.21. The third-order valence-corrected chi connectivity index (χ3v) is 6.24. The molecule has 1 aliphatic rings. The molecule has 1 N–H and O–H groups in total. The molecule has 1 saturated heterocycles. The van der Waals surface area contributed by atoms with E-state index >= 15 is 0 Å².